The Labute approximate surface area is 215 Å². The molecule has 0 atom stereocenters. The van der Waals surface area contributed by atoms with Crippen LogP contribution in [0.25, 0.3) is 0 Å². The van der Waals surface area contributed by atoms with Gasteiger partial charge in [0.2, 0.25) is 0 Å². The Hall–Kier alpha value is -1.89. The summed E-state index contributed by atoms with van der Waals surface area (Å²) in [5.74, 6) is 3.34. The highest BCUT2D eigenvalue weighted by Crippen LogP contribution is 2.35. The molecule has 1 saturated carbocycles. The third-order valence-corrected chi connectivity index (χ3v) is 5.34. The van der Waals surface area contributed by atoms with Gasteiger partial charge in [0.25, 0.3) is 0 Å². The highest BCUT2D eigenvalue weighted by atomic mass is 14.7. The number of benzene rings is 2. The Kier molecular flexibility index (Phi) is 24.7. The predicted octanol–water partition coefficient (Wildman–Crippen LogP) is 11.6. The fourth-order valence-electron chi connectivity index (χ4n) is 3.10. The van der Waals surface area contributed by atoms with Crippen molar-refractivity contribution in [1.29, 1.82) is 0 Å². The second-order valence-corrected chi connectivity index (χ2v) is 8.71. The van der Waals surface area contributed by atoms with Gasteiger partial charge in [0.05, 0.1) is 5.69 Å². The van der Waals surface area contributed by atoms with E-state index < -0.39 is 0 Å². The van der Waals surface area contributed by atoms with Gasteiger partial charge in [-0.2, -0.15) is 0 Å². The van der Waals surface area contributed by atoms with Crippen LogP contribution in [0.5, 0.6) is 0 Å². The van der Waals surface area contributed by atoms with Crippen molar-refractivity contribution in [2.75, 3.05) is 0 Å². The number of hydrogen-bond donors (Lipinski definition) is 0. The molecule has 2 aliphatic rings. The van der Waals surface area contributed by atoms with E-state index in [4.69, 9.17) is 0 Å². The maximum Gasteiger partial charge on any atom is 0.0661 e. The van der Waals surface area contributed by atoms with Gasteiger partial charge in [-0.1, -0.05) is 133 Å². The summed E-state index contributed by atoms with van der Waals surface area (Å²) in [5.41, 5.74) is 5.36. The lowest BCUT2D eigenvalue weighted by Crippen LogP contribution is -1.88. The van der Waals surface area contributed by atoms with Crippen molar-refractivity contribution in [2.24, 2.45) is 16.8 Å². The normalized spacial score (nSPS) is 12.1. The number of fused-ring (bicyclic) bond motifs is 1. The lowest BCUT2D eigenvalue weighted by molar-refractivity contribution is 0.563. The van der Waals surface area contributed by atoms with E-state index >= 15 is 0 Å². The standard InChI is InChI=1S/C11H13N.C9H12.C6H12.3C2H6.CH4/c1-8(2)9-3-4-11-10(7-9)5-6-12-11;1-8(2)9-6-4-3-5-7-9;1-5(2)6-3-4-6;3*1-2;/h3-4,6-8H,5H2,1-2H3;3-8H,1-2H3;5-6H,3-4H2,1-2H3;3*1-2H3;1H4. The Morgan fingerprint density at radius 1 is 0.676 bits per heavy atom. The molecule has 1 aliphatic carbocycles. The molecule has 196 valence electrons. The summed E-state index contributed by atoms with van der Waals surface area (Å²) in [6, 6.07) is 17.1. The summed E-state index contributed by atoms with van der Waals surface area (Å²) in [6.45, 7) is 25.5. The highest BCUT2D eigenvalue weighted by molar-refractivity contribution is 5.75. The predicted molar refractivity (Wildman–Crippen MR) is 161 cm³/mol. The first-order chi connectivity index (χ1) is 15.9. The van der Waals surface area contributed by atoms with E-state index in [0.29, 0.717) is 11.8 Å². The second kappa shape index (κ2) is 22.9. The van der Waals surface area contributed by atoms with Crippen molar-refractivity contribution in [3.63, 3.8) is 0 Å². The van der Waals surface area contributed by atoms with Crippen LogP contribution in [0.3, 0.4) is 0 Å². The summed E-state index contributed by atoms with van der Waals surface area (Å²) in [6.07, 6.45) is 5.99. The maximum atomic E-state index is 4.27. The van der Waals surface area contributed by atoms with Crippen LogP contribution in [0.2, 0.25) is 0 Å². The molecule has 1 heterocycles. The highest BCUT2D eigenvalue weighted by Gasteiger charge is 2.23. The van der Waals surface area contributed by atoms with Gasteiger partial charge in [0.15, 0.2) is 0 Å². The number of nitrogens with zero attached hydrogens (tertiary/aromatic N) is 1. The Balaban J connectivity index is -0.000000390. The molecule has 2 aromatic carbocycles. The summed E-state index contributed by atoms with van der Waals surface area (Å²) < 4.78 is 0. The van der Waals surface area contributed by atoms with E-state index in [-0.39, 0.29) is 7.43 Å². The molecule has 1 aliphatic heterocycles. The molecule has 34 heavy (non-hydrogen) atoms. The first-order valence-electron chi connectivity index (χ1n) is 13.6. The molecule has 0 bridgehead atoms. The third-order valence-electron chi connectivity index (χ3n) is 5.34. The molecule has 1 fully saturated rings. The fraction of sp³-hybridized carbons (Fsp3) is 0.606. The second-order valence-electron chi connectivity index (χ2n) is 8.71. The van der Waals surface area contributed by atoms with Crippen LogP contribution in [0.15, 0.2) is 53.5 Å². The SMILES string of the molecule is C.CC.CC.CC.CC(C)C1CC1.CC(C)c1ccc2c(c1)CC=N2.CC(C)c1ccccc1. The molecule has 2 aromatic rings. The maximum absolute atomic E-state index is 4.27. The van der Waals surface area contributed by atoms with Gasteiger partial charge in [0, 0.05) is 12.6 Å². The summed E-state index contributed by atoms with van der Waals surface area (Å²) in [5, 5.41) is 0. The van der Waals surface area contributed by atoms with E-state index in [1.54, 1.807) is 0 Å². The van der Waals surface area contributed by atoms with Crippen LogP contribution in [0.1, 0.15) is 132 Å². The number of hydrogen-bond acceptors (Lipinski definition) is 1. The van der Waals surface area contributed by atoms with Crippen LogP contribution >= 0.6 is 0 Å². The van der Waals surface area contributed by atoms with Crippen molar-refractivity contribution >= 4 is 11.9 Å². The molecular weight excluding hydrogens is 410 g/mol. The van der Waals surface area contributed by atoms with Crippen molar-refractivity contribution in [1.82, 2.24) is 0 Å². The molecule has 0 unspecified atom stereocenters. The molecule has 0 radical (unpaired) electrons. The van der Waals surface area contributed by atoms with E-state index in [1.165, 1.54) is 29.5 Å². The minimum atomic E-state index is 0. The molecule has 1 nitrogen and oxygen atoms in total. The van der Waals surface area contributed by atoms with Crippen molar-refractivity contribution < 1.29 is 0 Å². The molecule has 0 saturated heterocycles. The quantitative estimate of drug-likeness (QED) is 0.423. The minimum absolute atomic E-state index is 0. The Morgan fingerprint density at radius 2 is 1.18 bits per heavy atom. The molecule has 0 amide bonds. The number of rotatable bonds is 3. The first kappa shape index (κ1) is 36.7. The van der Waals surface area contributed by atoms with Gasteiger partial charge in [-0.25, -0.2) is 0 Å². The van der Waals surface area contributed by atoms with Crippen LogP contribution in [0.4, 0.5) is 5.69 Å². The van der Waals surface area contributed by atoms with Crippen LogP contribution in [0, 0.1) is 11.8 Å². The van der Waals surface area contributed by atoms with E-state index in [2.05, 4.69) is 89.0 Å². The van der Waals surface area contributed by atoms with Gasteiger partial charge in [-0.15, -0.1) is 0 Å². The zero-order valence-electron chi connectivity index (χ0n) is 24.1. The summed E-state index contributed by atoms with van der Waals surface area (Å²) >= 11 is 0. The zero-order chi connectivity index (χ0) is 25.8. The fourth-order valence-corrected chi connectivity index (χ4v) is 3.10. The van der Waals surface area contributed by atoms with Crippen molar-refractivity contribution in [2.45, 2.75) is 122 Å². The van der Waals surface area contributed by atoms with Crippen molar-refractivity contribution in [3.8, 4) is 0 Å². The lowest BCUT2D eigenvalue weighted by Gasteiger charge is -2.06. The Bertz CT molecular complexity index is 707. The van der Waals surface area contributed by atoms with E-state index in [1.807, 2.05) is 53.8 Å². The van der Waals surface area contributed by atoms with Crippen LogP contribution in [-0.2, 0) is 6.42 Å². The smallest absolute Gasteiger partial charge is 0.0661 e. The monoisotopic (exact) mass is 469 g/mol. The van der Waals surface area contributed by atoms with Crippen LogP contribution < -0.4 is 0 Å². The van der Waals surface area contributed by atoms with Gasteiger partial charge < -0.3 is 0 Å². The average molecular weight is 470 g/mol. The summed E-state index contributed by atoms with van der Waals surface area (Å²) in [7, 11) is 0. The molecule has 4 rings (SSSR count). The molecule has 0 N–H and O–H groups in total. The minimum Gasteiger partial charge on any atom is -0.261 e. The molecular formula is C33H59N. The van der Waals surface area contributed by atoms with Gasteiger partial charge in [-0.3, -0.25) is 4.99 Å². The number of aliphatic imine (C=N–C) groups is 1. The zero-order valence-corrected chi connectivity index (χ0v) is 24.1. The molecule has 0 spiro atoms. The van der Waals surface area contributed by atoms with E-state index in [0.717, 1.165) is 23.9 Å². The van der Waals surface area contributed by atoms with Crippen LogP contribution in [-0.4, -0.2) is 6.21 Å². The molecule has 1 heteroatoms. The Morgan fingerprint density at radius 3 is 1.53 bits per heavy atom. The third kappa shape index (κ3) is 15.9. The topological polar surface area (TPSA) is 12.4 Å². The van der Waals surface area contributed by atoms with E-state index in [9.17, 15) is 0 Å². The van der Waals surface area contributed by atoms with Gasteiger partial charge in [-0.05, 0) is 59.3 Å². The molecule has 0 aromatic heterocycles. The van der Waals surface area contributed by atoms with Gasteiger partial charge >= 0.3 is 0 Å². The van der Waals surface area contributed by atoms with Gasteiger partial charge in [0.1, 0.15) is 0 Å². The lowest BCUT2D eigenvalue weighted by atomic mass is 10.00. The average Bonchev–Trinajstić information content (AvgIpc) is 3.62. The first-order valence-corrected chi connectivity index (χ1v) is 13.6. The largest absolute Gasteiger partial charge is 0.261 e. The summed E-state index contributed by atoms with van der Waals surface area (Å²) in [4.78, 5) is 4.27. The van der Waals surface area contributed by atoms with Crippen molar-refractivity contribution in [3.05, 3.63) is 65.2 Å².